The summed E-state index contributed by atoms with van der Waals surface area (Å²) in [5, 5.41) is 10.6. The van der Waals surface area contributed by atoms with Crippen LogP contribution in [0.4, 0.5) is 18.9 Å². The van der Waals surface area contributed by atoms with Gasteiger partial charge in [0.05, 0.1) is 0 Å². The average Bonchev–Trinajstić information content (AvgIpc) is 2.83. The lowest BCUT2D eigenvalue weighted by atomic mass is 10.1. The third-order valence-corrected chi connectivity index (χ3v) is 5.26. The van der Waals surface area contributed by atoms with Gasteiger partial charge in [-0.2, -0.15) is 13.2 Å². The van der Waals surface area contributed by atoms with E-state index in [1.807, 2.05) is 6.07 Å². The molecule has 0 saturated carbocycles. The zero-order valence-corrected chi connectivity index (χ0v) is 18.3. The molecule has 0 amide bonds. The molecule has 4 rings (SSSR count). The van der Waals surface area contributed by atoms with Gasteiger partial charge in [0.15, 0.2) is 5.82 Å². The molecule has 1 atom stereocenters. The van der Waals surface area contributed by atoms with Crippen molar-refractivity contribution in [2.75, 3.05) is 4.90 Å². The van der Waals surface area contributed by atoms with Crippen LogP contribution in [0.15, 0.2) is 97.3 Å². The summed E-state index contributed by atoms with van der Waals surface area (Å²) >= 11 is 0. The first kappa shape index (κ1) is 23.3. The van der Waals surface area contributed by atoms with Gasteiger partial charge in [-0.1, -0.05) is 42.5 Å². The number of aliphatic hydroxyl groups is 1. The molecule has 5 nitrogen and oxygen atoms in total. The molecule has 0 saturated heterocycles. The fourth-order valence-electron chi connectivity index (χ4n) is 3.43. The maximum atomic E-state index is 13.9. The van der Waals surface area contributed by atoms with Crippen molar-refractivity contribution in [3.8, 4) is 22.9 Å². The van der Waals surface area contributed by atoms with Crippen LogP contribution in [0.1, 0.15) is 12.5 Å². The number of aromatic nitrogens is 2. The predicted molar refractivity (Wildman–Crippen MR) is 123 cm³/mol. The minimum absolute atomic E-state index is 0.150. The number of benzene rings is 3. The molecule has 34 heavy (non-hydrogen) atoms. The van der Waals surface area contributed by atoms with Crippen LogP contribution in [0.3, 0.4) is 0 Å². The third kappa shape index (κ3) is 5.18. The number of ether oxygens (including phenoxy) is 1. The smallest absolute Gasteiger partial charge is 0.436 e. The predicted octanol–water partition coefficient (Wildman–Crippen LogP) is 6.21. The number of halogens is 3. The van der Waals surface area contributed by atoms with Gasteiger partial charge < -0.3 is 14.7 Å². The van der Waals surface area contributed by atoms with Crippen molar-refractivity contribution in [3.05, 3.63) is 103 Å². The van der Waals surface area contributed by atoms with E-state index in [-0.39, 0.29) is 12.2 Å². The zero-order chi connectivity index (χ0) is 24.2. The van der Waals surface area contributed by atoms with E-state index in [4.69, 9.17) is 4.74 Å². The van der Waals surface area contributed by atoms with Crippen LogP contribution in [-0.2, 0) is 6.54 Å². The summed E-state index contributed by atoms with van der Waals surface area (Å²) < 4.78 is 47.6. The molecule has 0 fully saturated rings. The van der Waals surface area contributed by atoms with Gasteiger partial charge in [0.1, 0.15) is 11.5 Å². The second-order valence-electron chi connectivity index (χ2n) is 7.79. The summed E-state index contributed by atoms with van der Waals surface area (Å²) in [6.45, 7) is 0.518. The summed E-state index contributed by atoms with van der Waals surface area (Å²) in [7, 11) is 0. The monoisotopic (exact) mass is 465 g/mol. The Hall–Kier alpha value is -3.91. The van der Waals surface area contributed by atoms with Gasteiger partial charge in [-0.25, -0.2) is 9.97 Å². The molecule has 1 unspecified atom stereocenters. The highest BCUT2D eigenvalue weighted by molar-refractivity contribution is 5.58. The van der Waals surface area contributed by atoms with Gasteiger partial charge in [-0.15, -0.1) is 0 Å². The van der Waals surface area contributed by atoms with Crippen LogP contribution in [0.2, 0.25) is 0 Å². The fraction of sp³-hybridized carbons (Fsp3) is 0.154. The summed E-state index contributed by atoms with van der Waals surface area (Å²) in [5.74, 6) is 1.35. The van der Waals surface area contributed by atoms with Crippen LogP contribution >= 0.6 is 0 Å². The van der Waals surface area contributed by atoms with Crippen molar-refractivity contribution in [2.24, 2.45) is 0 Å². The van der Waals surface area contributed by atoms with E-state index in [2.05, 4.69) is 9.97 Å². The highest BCUT2D eigenvalue weighted by Crippen LogP contribution is 2.39. The summed E-state index contributed by atoms with van der Waals surface area (Å²) in [6, 6.07) is 23.7. The van der Waals surface area contributed by atoms with Crippen LogP contribution < -0.4 is 9.64 Å². The molecular weight excluding hydrogens is 443 g/mol. The summed E-state index contributed by atoms with van der Waals surface area (Å²) in [5.41, 5.74) is -1.79. The maximum Gasteiger partial charge on any atom is 0.436 e. The Morgan fingerprint density at radius 1 is 0.824 bits per heavy atom. The molecule has 0 bridgehead atoms. The largest absolute Gasteiger partial charge is 0.457 e. The van der Waals surface area contributed by atoms with Crippen LogP contribution in [0.25, 0.3) is 11.4 Å². The van der Waals surface area contributed by atoms with E-state index in [0.29, 0.717) is 28.5 Å². The van der Waals surface area contributed by atoms with Gasteiger partial charge in [-0.05, 0) is 48.9 Å². The third-order valence-electron chi connectivity index (χ3n) is 5.26. The molecule has 0 aliphatic heterocycles. The Balaban J connectivity index is 1.70. The molecule has 3 aromatic carbocycles. The average molecular weight is 465 g/mol. The molecule has 1 N–H and O–H groups in total. The van der Waals surface area contributed by atoms with Crippen molar-refractivity contribution in [1.29, 1.82) is 0 Å². The second kappa shape index (κ2) is 9.52. The number of alkyl halides is 3. The van der Waals surface area contributed by atoms with E-state index in [0.717, 1.165) is 11.8 Å². The quantitative estimate of drug-likeness (QED) is 0.329. The molecule has 0 radical (unpaired) electrons. The minimum atomic E-state index is -4.91. The lowest BCUT2D eigenvalue weighted by Gasteiger charge is -2.40. The number of nitrogens with zero attached hydrogens (tertiary/aromatic N) is 3. The Kier molecular flexibility index (Phi) is 6.51. The highest BCUT2D eigenvalue weighted by Gasteiger charge is 2.54. The lowest BCUT2D eigenvalue weighted by molar-refractivity contribution is -0.253. The van der Waals surface area contributed by atoms with Gasteiger partial charge in [0, 0.05) is 36.3 Å². The van der Waals surface area contributed by atoms with E-state index in [1.165, 1.54) is 12.1 Å². The van der Waals surface area contributed by atoms with E-state index >= 15 is 0 Å². The molecule has 0 spiro atoms. The highest BCUT2D eigenvalue weighted by atomic mass is 19.4. The maximum absolute atomic E-state index is 13.9. The number of para-hydroxylation sites is 1. The molecule has 0 aliphatic carbocycles. The second-order valence-corrected chi connectivity index (χ2v) is 7.79. The molecule has 1 heterocycles. The molecule has 0 aliphatic rings. The Morgan fingerprint density at radius 2 is 1.50 bits per heavy atom. The number of hydrogen-bond donors (Lipinski definition) is 1. The molecule has 174 valence electrons. The standard InChI is InChI=1S/C26H22F3N3O2/c1-25(33,26(27,28)29)32(18-19-8-5-9-20(16-19)24-30-14-7-15-31-24)21-10-6-13-23(17-21)34-22-11-3-2-4-12-22/h2-17,33H,18H2,1H3. The molecule has 1 aromatic heterocycles. The first-order valence-electron chi connectivity index (χ1n) is 10.5. The summed E-state index contributed by atoms with van der Waals surface area (Å²) in [4.78, 5) is 9.29. The zero-order valence-electron chi connectivity index (χ0n) is 18.3. The van der Waals surface area contributed by atoms with Crippen molar-refractivity contribution in [1.82, 2.24) is 9.97 Å². The summed E-state index contributed by atoms with van der Waals surface area (Å²) in [6.07, 6.45) is -1.73. The van der Waals surface area contributed by atoms with Gasteiger partial charge >= 0.3 is 6.18 Å². The molecule has 8 heteroatoms. The number of hydrogen-bond acceptors (Lipinski definition) is 5. The van der Waals surface area contributed by atoms with Crippen molar-refractivity contribution >= 4 is 5.69 Å². The van der Waals surface area contributed by atoms with E-state index in [1.54, 1.807) is 79.1 Å². The first-order valence-corrected chi connectivity index (χ1v) is 10.5. The number of anilines is 1. The SMILES string of the molecule is CC(O)(N(Cc1cccc(-c2ncccn2)c1)c1cccc(Oc2ccccc2)c1)C(F)(F)F. The normalized spacial score (nSPS) is 13.2. The Bertz CT molecular complexity index is 1230. The van der Waals surface area contributed by atoms with Crippen molar-refractivity contribution in [2.45, 2.75) is 25.4 Å². The Labute approximate surface area is 195 Å². The van der Waals surface area contributed by atoms with Crippen molar-refractivity contribution in [3.63, 3.8) is 0 Å². The van der Waals surface area contributed by atoms with E-state index < -0.39 is 11.9 Å². The topological polar surface area (TPSA) is 58.5 Å². The van der Waals surface area contributed by atoms with Crippen molar-refractivity contribution < 1.29 is 23.0 Å². The van der Waals surface area contributed by atoms with Gasteiger partial charge in [0.2, 0.25) is 5.72 Å². The lowest BCUT2D eigenvalue weighted by Crippen LogP contribution is -2.56. The fourth-order valence-corrected chi connectivity index (χ4v) is 3.43. The molecule has 4 aromatic rings. The molecular formula is C26H22F3N3O2. The first-order chi connectivity index (χ1) is 16.2. The van der Waals surface area contributed by atoms with Crippen LogP contribution in [0, 0.1) is 0 Å². The Morgan fingerprint density at radius 3 is 2.21 bits per heavy atom. The van der Waals surface area contributed by atoms with Gasteiger partial charge in [0.25, 0.3) is 0 Å². The number of rotatable bonds is 7. The van der Waals surface area contributed by atoms with E-state index in [9.17, 15) is 18.3 Å². The van der Waals surface area contributed by atoms with Crippen LogP contribution in [-0.4, -0.2) is 27.0 Å². The van der Waals surface area contributed by atoms with Crippen LogP contribution in [0.5, 0.6) is 11.5 Å². The minimum Gasteiger partial charge on any atom is -0.457 e. The van der Waals surface area contributed by atoms with Gasteiger partial charge in [-0.3, -0.25) is 0 Å².